The summed E-state index contributed by atoms with van der Waals surface area (Å²) >= 11 is 0. The Morgan fingerprint density at radius 3 is 2.71 bits per heavy atom. The smallest absolute Gasteiger partial charge is 0.236 e. The third-order valence-electron chi connectivity index (χ3n) is 3.92. The topological polar surface area (TPSA) is 40.6 Å². The van der Waals surface area contributed by atoms with E-state index in [2.05, 4.69) is 4.90 Å². The maximum absolute atomic E-state index is 12.0. The first-order valence-corrected chi connectivity index (χ1v) is 6.66. The van der Waals surface area contributed by atoms with Gasteiger partial charge < -0.3 is 4.90 Å². The van der Waals surface area contributed by atoms with Gasteiger partial charge in [-0.1, -0.05) is 0 Å². The second kappa shape index (κ2) is 5.63. The zero-order chi connectivity index (χ0) is 12.3. The molecule has 1 amide bonds. The van der Waals surface area contributed by atoms with Gasteiger partial charge in [0.15, 0.2) is 0 Å². The molecule has 2 rings (SSSR count). The summed E-state index contributed by atoms with van der Waals surface area (Å²) in [5, 5.41) is 0. The van der Waals surface area contributed by atoms with Crippen molar-refractivity contribution in [1.29, 1.82) is 0 Å². The highest BCUT2D eigenvalue weighted by Gasteiger charge is 2.26. The fourth-order valence-corrected chi connectivity index (χ4v) is 2.79. The second-order valence-electron chi connectivity index (χ2n) is 5.29. The molecule has 0 aromatic heterocycles. The van der Waals surface area contributed by atoms with E-state index in [4.69, 9.17) is 0 Å². The third-order valence-corrected chi connectivity index (χ3v) is 3.92. The van der Waals surface area contributed by atoms with Gasteiger partial charge in [0, 0.05) is 32.0 Å². The van der Waals surface area contributed by atoms with Crippen molar-refractivity contribution < 1.29 is 9.59 Å². The van der Waals surface area contributed by atoms with Gasteiger partial charge in [0.25, 0.3) is 0 Å². The number of rotatable bonds is 3. The molecule has 0 aromatic carbocycles. The van der Waals surface area contributed by atoms with Crippen LogP contribution < -0.4 is 0 Å². The van der Waals surface area contributed by atoms with Crippen LogP contribution in [0.5, 0.6) is 0 Å². The molecule has 2 fully saturated rings. The molecule has 1 saturated carbocycles. The number of amides is 1. The number of likely N-dealkylation sites (tertiary alicyclic amines) is 1. The van der Waals surface area contributed by atoms with E-state index >= 15 is 0 Å². The molecule has 1 aliphatic carbocycles. The molecule has 4 heteroatoms. The van der Waals surface area contributed by atoms with Crippen LogP contribution in [0.2, 0.25) is 0 Å². The normalized spacial score (nSPS) is 25.6. The lowest BCUT2D eigenvalue weighted by Crippen LogP contribution is -2.43. The molecular formula is C13H22N2O2. The first-order valence-electron chi connectivity index (χ1n) is 6.66. The fraction of sp³-hybridized carbons (Fsp3) is 0.846. The summed E-state index contributed by atoms with van der Waals surface area (Å²) in [5.74, 6) is 0.574. The van der Waals surface area contributed by atoms with E-state index < -0.39 is 0 Å². The Bertz CT molecular complexity index is 298. The van der Waals surface area contributed by atoms with Crippen LogP contribution in [0.1, 0.15) is 38.5 Å². The largest absolute Gasteiger partial charge is 0.342 e. The number of carbonyl (C=O) groups is 2. The standard InChI is InChI=1S/C13H22N2O2/c1-14(11-5-4-6-12(16)9-11)10-13(17)15-7-2-3-8-15/h11H,2-10H2,1H3. The van der Waals surface area contributed by atoms with Gasteiger partial charge in [-0.25, -0.2) is 0 Å². The van der Waals surface area contributed by atoms with Gasteiger partial charge in [-0.3, -0.25) is 14.5 Å². The summed E-state index contributed by atoms with van der Waals surface area (Å²) in [7, 11) is 1.97. The van der Waals surface area contributed by atoms with E-state index in [0.29, 0.717) is 18.7 Å². The molecule has 1 heterocycles. The highest BCUT2D eigenvalue weighted by Crippen LogP contribution is 2.19. The lowest BCUT2D eigenvalue weighted by Gasteiger charge is -2.31. The molecule has 1 saturated heterocycles. The minimum Gasteiger partial charge on any atom is -0.342 e. The summed E-state index contributed by atoms with van der Waals surface area (Å²) < 4.78 is 0. The van der Waals surface area contributed by atoms with Gasteiger partial charge in [-0.15, -0.1) is 0 Å². The maximum Gasteiger partial charge on any atom is 0.236 e. The first kappa shape index (κ1) is 12.6. The number of Topliss-reactive ketones (excluding diaryl/α,β-unsaturated/α-hetero) is 1. The molecule has 1 aliphatic heterocycles. The van der Waals surface area contributed by atoms with Crippen LogP contribution in [0.4, 0.5) is 0 Å². The highest BCUT2D eigenvalue weighted by atomic mass is 16.2. The van der Waals surface area contributed by atoms with Crippen LogP contribution >= 0.6 is 0 Å². The van der Waals surface area contributed by atoms with Gasteiger partial charge >= 0.3 is 0 Å². The molecule has 17 heavy (non-hydrogen) atoms. The van der Waals surface area contributed by atoms with Crippen LogP contribution in [0.15, 0.2) is 0 Å². The number of likely N-dealkylation sites (N-methyl/N-ethyl adjacent to an activating group) is 1. The Kier molecular flexibility index (Phi) is 4.15. The molecule has 1 unspecified atom stereocenters. The van der Waals surface area contributed by atoms with Crippen molar-refractivity contribution >= 4 is 11.7 Å². The van der Waals surface area contributed by atoms with Gasteiger partial charge in [-0.05, 0) is 32.7 Å². The molecule has 2 aliphatic rings. The molecule has 96 valence electrons. The van der Waals surface area contributed by atoms with Crippen molar-refractivity contribution in [2.24, 2.45) is 0 Å². The Hall–Kier alpha value is -0.900. The maximum atomic E-state index is 12.0. The molecule has 0 N–H and O–H groups in total. The lowest BCUT2D eigenvalue weighted by molar-refractivity contribution is -0.132. The van der Waals surface area contributed by atoms with Gasteiger partial charge in [-0.2, -0.15) is 0 Å². The average Bonchev–Trinajstić information content (AvgIpc) is 2.82. The number of hydrogen-bond acceptors (Lipinski definition) is 3. The number of ketones is 1. The first-order chi connectivity index (χ1) is 8.16. The van der Waals surface area contributed by atoms with E-state index in [1.807, 2.05) is 11.9 Å². The van der Waals surface area contributed by atoms with Crippen molar-refractivity contribution in [3.05, 3.63) is 0 Å². The number of carbonyl (C=O) groups excluding carboxylic acids is 2. The van der Waals surface area contributed by atoms with Crippen LogP contribution in [0, 0.1) is 0 Å². The Morgan fingerprint density at radius 1 is 1.35 bits per heavy atom. The minimum absolute atomic E-state index is 0.225. The minimum atomic E-state index is 0.225. The average molecular weight is 238 g/mol. The monoisotopic (exact) mass is 238 g/mol. The highest BCUT2D eigenvalue weighted by molar-refractivity contribution is 5.80. The lowest BCUT2D eigenvalue weighted by atomic mass is 9.93. The van der Waals surface area contributed by atoms with Gasteiger partial charge in [0.1, 0.15) is 5.78 Å². The molecular weight excluding hydrogens is 216 g/mol. The van der Waals surface area contributed by atoms with E-state index in [0.717, 1.165) is 45.2 Å². The second-order valence-corrected chi connectivity index (χ2v) is 5.29. The molecule has 0 aromatic rings. The molecule has 0 spiro atoms. The Morgan fingerprint density at radius 2 is 2.06 bits per heavy atom. The SMILES string of the molecule is CN(CC(=O)N1CCCC1)C1CCCC(=O)C1. The van der Waals surface area contributed by atoms with E-state index in [1.165, 1.54) is 0 Å². The van der Waals surface area contributed by atoms with Crippen molar-refractivity contribution in [3.8, 4) is 0 Å². The van der Waals surface area contributed by atoms with Crippen molar-refractivity contribution in [2.45, 2.75) is 44.6 Å². The fourth-order valence-electron chi connectivity index (χ4n) is 2.79. The predicted molar refractivity (Wildman–Crippen MR) is 65.7 cm³/mol. The van der Waals surface area contributed by atoms with Crippen LogP contribution in [0.25, 0.3) is 0 Å². The zero-order valence-electron chi connectivity index (χ0n) is 10.7. The molecule has 0 radical (unpaired) electrons. The summed E-state index contributed by atoms with van der Waals surface area (Å²) in [6, 6.07) is 0.280. The van der Waals surface area contributed by atoms with Gasteiger partial charge in [0.2, 0.25) is 5.91 Å². The van der Waals surface area contributed by atoms with E-state index in [1.54, 1.807) is 0 Å². The van der Waals surface area contributed by atoms with Crippen LogP contribution in [-0.2, 0) is 9.59 Å². The quantitative estimate of drug-likeness (QED) is 0.738. The predicted octanol–water partition coefficient (Wildman–Crippen LogP) is 1.05. The van der Waals surface area contributed by atoms with Crippen molar-refractivity contribution in [2.75, 3.05) is 26.7 Å². The summed E-state index contributed by atoms with van der Waals surface area (Å²) in [6.07, 6.45) is 5.66. The molecule has 0 bridgehead atoms. The zero-order valence-corrected chi connectivity index (χ0v) is 10.7. The molecule has 4 nitrogen and oxygen atoms in total. The number of hydrogen-bond donors (Lipinski definition) is 0. The van der Waals surface area contributed by atoms with E-state index in [9.17, 15) is 9.59 Å². The van der Waals surface area contributed by atoms with Crippen molar-refractivity contribution in [3.63, 3.8) is 0 Å². The summed E-state index contributed by atoms with van der Waals surface area (Å²) in [5.41, 5.74) is 0. The van der Waals surface area contributed by atoms with Crippen LogP contribution in [-0.4, -0.2) is 54.2 Å². The Balaban J connectivity index is 1.81. The van der Waals surface area contributed by atoms with Crippen molar-refractivity contribution in [1.82, 2.24) is 9.80 Å². The van der Waals surface area contributed by atoms with Gasteiger partial charge in [0.05, 0.1) is 6.54 Å². The Labute approximate surface area is 103 Å². The number of nitrogens with zero attached hydrogens (tertiary/aromatic N) is 2. The molecule has 1 atom stereocenters. The van der Waals surface area contributed by atoms with Crippen LogP contribution in [0.3, 0.4) is 0 Å². The summed E-state index contributed by atoms with van der Waals surface area (Å²) in [6.45, 7) is 2.30. The summed E-state index contributed by atoms with van der Waals surface area (Å²) in [4.78, 5) is 27.4. The third kappa shape index (κ3) is 3.28. The van der Waals surface area contributed by atoms with E-state index in [-0.39, 0.29) is 11.9 Å².